The van der Waals surface area contributed by atoms with Crippen LogP contribution in [0.15, 0.2) is 30.3 Å². The maximum atomic E-state index is 12.0. The van der Waals surface area contributed by atoms with E-state index in [2.05, 4.69) is 10.3 Å². The average molecular weight is 339 g/mol. The van der Waals surface area contributed by atoms with E-state index in [-0.39, 0.29) is 10.8 Å². The molecule has 0 aliphatic heterocycles. The van der Waals surface area contributed by atoms with Gasteiger partial charge in [0.05, 0.1) is 15.1 Å². The number of thiophene rings is 1. The van der Waals surface area contributed by atoms with E-state index in [1.165, 1.54) is 23.5 Å². The van der Waals surface area contributed by atoms with E-state index in [4.69, 9.17) is 16.7 Å². The van der Waals surface area contributed by atoms with Crippen LogP contribution < -0.4 is 5.32 Å². The first kappa shape index (κ1) is 14.0. The third-order valence-corrected chi connectivity index (χ3v) is 4.85. The third-order valence-electron chi connectivity index (χ3n) is 2.61. The smallest absolute Gasteiger partial charge is 0.345 e. The number of carbonyl (C=O) groups excluding carboxylic acids is 1. The molecule has 2 N–H and O–H groups in total. The lowest BCUT2D eigenvalue weighted by Gasteiger charge is -1.97. The van der Waals surface area contributed by atoms with E-state index < -0.39 is 5.97 Å². The number of anilines is 1. The fourth-order valence-corrected chi connectivity index (χ4v) is 3.56. The molecule has 5 nitrogen and oxygen atoms in total. The number of fused-ring (bicyclic) bond motifs is 1. The van der Waals surface area contributed by atoms with Crippen LogP contribution in [0.2, 0.25) is 5.02 Å². The van der Waals surface area contributed by atoms with Crippen molar-refractivity contribution in [1.82, 2.24) is 4.98 Å². The number of nitrogens with zero attached hydrogens (tertiary/aromatic N) is 1. The van der Waals surface area contributed by atoms with Gasteiger partial charge in [0.15, 0.2) is 5.13 Å². The molecule has 1 amide bonds. The SMILES string of the molecule is O=C(O)c1ccc(C(=O)Nc2nc3ccc(Cl)cc3s2)s1. The van der Waals surface area contributed by atoms with Gasteiger partial charge in [-0.05, 0) is 30.3 Å². The number of halogens is 1. The highest BCUT2D eigenvalue weighted by Gasteiger charge is 2.14. The molecule has 0 bridgehead atoms. The van der Waals surface area contributed by atoms with Crippen molar-refractivity contribution >= 4 is 61.5 Å². The van der Waals surface area contributed by atoms with Crippen molar-refractivity contribution in [3.05, 3.63) is 45.1 Å². The number of benzene rings is 1. The number of carboxylic acid groups (broad SMARTS) is 1. The Labute approximate surface area is 131 Å². The molecule has 0 spiro atoms. The Balaban J connectivity index is 1.83. The van der Waals surface area contributed by atoms with Crippen molar-refractivity contribution in [2.45, 2.75) is 0 Å². The highest BCUT2D eigenvalue weighted by molar-refractivity contribution is 7.22. The fourth-order valence-electron chi connectivity index (χ4n) is 1.69. The molecule has 0 fully saturated rings. The summed E-state index contributed by atoms with van der Waals surface area (Å²) in [6, 6.07) is 8.16. The molecule has 3 aromatic rings. The first-order valence-corrected chi connectivity index (χ1v) is 7.74. The molecule has 0 unspecified atom stereocenters. The van der Waals surface area contributed by atoms with Crippen molar-refractivity contribution in [2.75, 3.05) is 5.32 Å². The van der Waals surface area contributed by atoms with Crippen LogP contribution in [0.1, 0.15) is 19.3 Å². The Morgan fingerprint density at radius 3 is 2.62 bits per heavy atom. The Morgan fingerprint density at radius 2 is 1.90 bits per heavy atom. The molecule has 0 atom stereocenters. The van der Waals surface area contributed by atoms with Gasteiger partial charge in [-0.2, -0.15) is 0 Å². The number of thiazole rings is 1. The Hall–Kier alpha value is -1.96. The van der Waals surface area contributed by atoms with Crippen LogP contribution in [-0.2, 0) is 0 Å². The molecule has 21 heavy (non-hydrogen) atoms. The van der Waals surface area contributed by atoms with Gasteiger partial charge in [-0.15, -0.1) is 11.3 Å². The second kappa shape index (κ2) is 5.44. The maximum absolute atomic E-state index is 12.0. The van der Waals surface area contributed by atoms with Crippen LogP contribution in [0, 0.1) is 0 Å². The Bertz CT molecular complexity index is 856. The molecule has 1 aromatic carbocycles. The molecule has 0 radical (unpaired) electrons. The van der Waals surface area contributed by atoms with Gasteiger partial charge < -0.3 is 5.11 Å². The molecule has 106 valence electrons. The minimum Gasteiger partial charge on any atom is -0.477 e. The first-order chi connectivity index (χ1) is 10.0. The van der Waals surface area contributed by atoms with Crippen molar-refractivity contribution in [3.63, 3.8) is 0 Å². The summed E-state index contributed by atoms with van der Waals surface area (Å²) in [6.45, 7) is 0. The van der Waals surface area contributed by atoms with E-state index in [1.54, 1.807) is 18.2 Å². The van der Waals surface area contributed by atoms with E-state index in [1.807, 2.05) is 0 Å². The van der Waals surface area contributed by atoms with Crippen LogP contribution in [0.3, 0.4) is 0 Å². The maximum Gasteiger partial charge on any atom is 0.345 e. The van der Waals surface area contributed by atoms with Crippen molar-refractivity contribution in [3.8, 4) is 0 Å². The average Bonchev–Trinajstić information content (AvgIpc) is 3.03. The summed E-state index contributed by atoms with van der Waals surface area (Å²) in [7, 11) is 0. The normalized spacial score (nSPS) is 10.7. The number of rotatable bonds is 3. The van der Waals surface area contributed by atoms with Crippen molar-refractivity contribution in [1.29, 1.82) is 0 Å². The summed E-state index contributed by atoms with van der Waals surface area (Å²) in [5.41, 5.74) is 0.747. The lowest BCUT2D eigenvalue weighted by Crippen LogP contribution is -2.09. The van der Waals surface area contributed by atoms with Crippen LogP contribution in [0.4, 0.5) is 5.13 Å². The zero-order valence-electron chi connectivity index (χ0n) is 10.3. The van der Waals surface area contributed by atoms with Gasteiger partial charge in [0.2, 0.25) is 0 Å². The summed E-state index contributed by atoms with van der Waals surface area (Å²) in [6.07, 6.45) is 0. The molecule has 0 saturated carbocycles. The Kier molecular flexibility index (Phi) is 3.62. The predicted octanol–water partition coefficient (Wildman–Crippen LogP) is 3.96. The summed E-state index contributed by atoms with van der Waals surface area (Å²) in [4.78, 5) is 27.6. The number of hydrogen-bond donors (Lipinski definition) is 2. The minimum absolute atomic E-state index is 0.122. The summed E-state index contributed by atoms with van der Waals surface area (Å²) in [5, 5.41) is 12.6. The third kappa shape index (κ3) is 2.90. The molecule has 0 saturated heterocycles. The number of nitrogens with one attached hydrogen (secondary N) is 1. The number of carbonyl (C=O) groups is 2. The van der Waals surface area contributed by atoms with E-state index in [9.17, 15) is 9.59 Å². The van der Waals surface area contributed by atoms with Crippen molar-refractivity contribution < 1.29 is 14.7 Å². The highest BCUT2D eigenvalue weighted by atomic mass is 35.5. The zero-order valence-corrected chi connectivity index (χ0v) is 12.7. The summed E-state index contributed by atoms with van der Waals surface area (Å²) in [5.74, 6) is -1.42. The highest BCUT2D eigenvalue weighted by Crippen LogP contribution is 2.29. The standard InChI is InChI=1S/C13H7ClN2O3S2/c14-6-1-2-7-10(5-6)21-13(15-7)16-11(17)8-3-4-9(20-8)12(18)19/h1-5H,(H,18,19)(H,15,16,17). The van der Waals surface area contributed by atoms with Gasteiger partial charge in [0, 0.05) is 5.02 Å². The monoisotopic (exact) mass is 338 g/mol. The van der Waals surface area contributed by atoms with E-state index in [0.29, 0.717) is 15.0 Å². The molecule has 2 heterocycles. The van der Waals surface area contributed by atoms with Crippen molar-refractivity contribution in [2.24, 2.45) is 0 Å². The number of amides is 1. The first-order valence-electron chi connectivity index (χ1n) is 5.73. The summed E-state index contributed by atoms with van der Waals surface area (Å²) < 4.78 is 0.871. The number of aromatic carboxylic acids is 1. The molecule has 3 rings (SSSR count). The lowest BCUT2D eigenvalue weighted by atomic mass is 10.3. The summed E-state index contributed by atoms with van der Waals surface area (Å²) >= 11 is 8.13. The number of aromatic nitrogens is 1. The van der Waals surface area contributed by atoms with Crippen LogP contribution >= 0.6 is 34.3 Å². The molecular formula is C13H7ClN2O3S2. The van der Waals surface area contributed by atoms with E-state index >= 15 is 0 Å². The second-order valence-corrected chi connectivity index (χ2v) is 6.61. The van der Waals surface area contributed by atoms with Gasteiger partial charge in [0.25, 0.3) is 5.91 Å². The minimum atomic E-state index is -1.05. The Morgan fingerprint density at radius 1 is 1.14 bits per heavy atom. The lowest BCUT2D eigenvalue weighted by molar-refractivity contribution is 0.0702. The van der Waals surface area contributed by atoms with Gasteiger partial charge in [-0.1, -0.05) is 22.9 Å². The predicted molar refractivity (Wildman–Crippen MR) is 83.9 cm³/mol. The van der Waals surface area contributed by atoms with Crippen LogP contribution in [-0.4, -0.2) is 22.0 Å². The molecule has 0 aliphatic rings. The quantitative estimate of drug-likeness (QED) is 0.757. The largest absolute Gasteiger partial charge is 0.477 e. The molecule has 8 heteroatoms. The second-order valence-electron chi connectivity index (χ2n) is 4.05. The topological polar surface area (TPSA) is 79.3 Å². The van der Waals surface area contributed by atoms with Crippen LogP contribution in [0.25, 0.3) is 10.2 Å². The van der Waals surface area contributed by atoms with Gasteiger partial charge in [0.1, 0.15) is 4.88 Å². The van der Waals surface area contributed by atoms with E-state index in [0.717, 1.165) is 21.6 Å². The molecule has 2 aromatic heterocycles. The number of hydrogen-bond acceptors (Lipinski definition) is 5. The molecule has 0 aliphatic carbocycles. The number of carboxylic acids is 1. The zero-order chi connectivity index (χ0) is 15.0. The van der Waals surface area contributed by atoms with Crippen LogP contribution in [0.5, 0.6) is 0 Å². The van der Waals surface area contributed by atoms with Gasteiger partial charge >= 0.3 is 5.97 Å². The van der Waals surface area contributed by atoms with Gasteiger partial charge in [-0.25, -0.2) is 9.78 Å². The molecular weight excluding hydrogens is 332 g/mol. The fraction of sp³-hybridized carbons (Fsp3) is 0. The van der Waals surface area contributed by atoms with Gasteiger partial charge in [-0.3, -0.25) is 10.1 Å².